The Morgan fingerprint density at radius 1 is 0.774 bits per heavy atom. The van der Waals surface area contributed by atoms with E-state index in [9.17, 15) is 9.59 Å². The van der Waals surface area contributed by atoms with E-state index in [1.807, 2.05) is 44.2 Å². The zero-order valence-electron chi connectivity index (χ0n) is 20.7. The second-order valence-electron chi connectivity index (χ2n) is 7.11. The number of nitrogens with zero attached hydrogens (tertiary/aromatic N) is 2. The molecule has 170 valence electrons. The highest BCUT2D eigenvalue weighted by Gasteiger charge is 2.13. The molecule has 4 heteroatoms. The lowest BCUT2D eigenvalue weighted by molar-refractivity contribution is 0.100. The third kappa shape index (κ3) is 9.84. The average molecular weight is 425 g/mol. The molecule has 0 fully saturated rings. The maximum Gasteiger partial charge on any atom is 0.160 e. The van der Waals surface area contributed by atoms with E-state index in [4.69, 9.17) is 0 Å². The molecule has 0 unspecified atom stereocenters. The molecule has 0 saturated heterocycles. The van der Waals surface area contributed by atoms with E-state index in [1.165, 1.54) is 32.9 Å². The summed E-state index contributed by atoms with van der Waals surface area (Å²) in [6, 6.07) is 14.7. The average Bonchev–Trinajstić information content (AvgIpc) is 2.77. The number of rotatable bonds is 8. The third-order valence-corrected chi connectivity index (χ3v) is 4.56. The fraction of sp³-hybridized carbons (Fsp3) is 0.444. The van der Waals surface area contributed by atoms with E-state index in [1.54, 1.807) is 32.2 Å². The highest BCUT2D eigenvalue weighted by Crippen LogP contribution is 2.17. The van der Waals surface area contributed by atoms with Crippen LogP contribution in [0.5, 0.6) is 0 Å². The van der Waals surface area contributed by atoms with Crippen LogP contribution in [0.15, 0.2) is 53.5 Å². The van der Waals surface area contributed by atoms with Gasteiger partial charge in [-0.15, -0.1) is 0 Å². The lowest BCUT2D eigenvalue weighted by Crippen LogP contribution is -2.19. The number of hydrogen-bond acceptors (Lipinski definition) is 4. The van der Waals surface area contributed by atoms with Gasteiger partial charge in [0.05, 0.1) is 5.71 Å². The zero-order chi connectivity index (χ0) is 23.8. The smallest absolute Gasteiger partial charge is 0.160 e. The number of Topliss-reactive ketones (excluding diaryl/α,β-unsaturated/α-hetero) is 2. The molecule has 0 aliphatic carbocycles. The lowest BCUT2D eigenvalue weighted by atomic mass is 9.95. The van der Waals surface area contributed by atoms with Crippen LogP contribution in [0.25, 0.3) is 0 Å². The van der Waals surface area contributed by atoms with Crippen LogP contribution in [0, 0.1) is 0 Å². The van der Waals surface area contributed by atoms with Gasteiger partial charge in [0.2, 0.25) is 0 Å². The van der Waals surface area contributed by atoms with E-state index < -0.39 is 0 Å². The van der Waals surface area contributed by atoms with Gasteiger partial charge in [0.25, 0.3) is 0 Å². The summed E-state index contributed by atoms with van der Waals surface area (Å²) in [7, 11) is 3.87. The molecule has 0 radical (unpaired) electrons. The molecule has 0 aliphatic heterocycles. The van der Waals surface area contributed by atoms with Crippen molar-refractivity contribution in [3.05, 3.63) is 70.8 Å². The summed E-state index contributed by atoms with van der Waals surface area (Å²) in [6.45, 7) is 14.0. The first-order valence-electron chi connectivity index (χ1n) is 11.2. The molecule has 0 heterocycles. The lowest BCUT2D eigenvalue weighted by Gasteiger charge is -2.12. The van der Waals surface area contributed by atoms with Crippen molar-refractivity contribution in [1.82, 2.24) is 4.90 Å². The van der Waals surface area contributed by atoms with Crippen molar-refractivity contribution in [2.24, 2.45) is 4.99 Å². The van der Waals surface area contributed by atoms with Gasteiger partial charge in [0.15, 0.2) is 11.6 Å². The van der Waals surface area contributed by atoms with Crippen LogP contribution in [0.4, 0.5) is 0 Å². The first-order valence-corrected chi connectivity index (χ1v) is 11.2. The summed E-state index contributed by atoms with van der Waals surface area (Å²) in [6.07, 6.45) is 2.55. The summed E-state index contributed by atoms with van der Waals surface area (Å²) in [4.78, 5) is 29.8. The molecule has 0 aliphatic rings. The first-order chi connectivity index (χ1) is 14.8. The maximum absolute atomic E-state index is 11.8. The fourth-order valence-corrected chi connectivity index (χ4v) is 3.14. The Bertz CT molecular complexity index is 817. The number of benzene rings is 2. The Kier molecular flexibility index (Phi) is 14.8. The van der Waals surface area contributed by atoms with E-state index >= 15 is 0 Å². The molecular weight excluding hydrogens is 384 g/mol. The van der Waals surface area contributed by atoms with Gasteiger partial charge in [-0.3, -0.25) is 14.6 Å². The van der Waals surface area contributed by atoms with Gasteiger partial charge in [-0.2, -0.15) is 0 Å². The van der Waals surface area contributed by atoms with E-state index in [0.29, 0.717) is 11.1 Å². The van der Waals surface area contributed by atoms with E-state index in [-0.39, 0.29) is 11.6 Å². The minimum Gasteiger partial charge on any atom is -0.306 e. The topological polar surface area (TPSA) is 49.7 Å². The van der Waals surface area contributed by atoms with Crippen LogP contribution in [0.2, 0.25) is 0 Å². The molecule has 0 atom stereocenters. The molecular formula is C27H40N2O2. The number of carbonyl (C=O) groups excluding carboxylic acids is 2. The van der Waals surface area contributed by atoms with Crippen molar-refractivity contribution in [2.45, 2.75) is 54.4 Å². The Labute approximate surface area is 189 Å². The van der Waals surface area contributed by atoms with Gasteiger partial charge in [-0.05, 0) is 46.8 Å². The van der Waals surface area contributed by atoms with Crippen LogP contribution < -0.4 is 0 Å². The van der Waals surface area contributed by atoms with Crippen molar-refractivity contribution in [3.8, 4) is 0 Å². The number of carbonyl (C=O) groups is 2. The van der Waals surface area contributed by atoms with Gasteiger partial charge in [-0.1, -0.05) is 76.2 Å². The zero-order valence-corrected chi connectivity index (χ0v) is 20.7. The maximum atomic E-state index is 11.8. The molecule has 0 aromatic heterocycles. The molecule has 0 amide bonds. The molecule has 0 bridgehead atoms. The van der Waals surface area contributed by atoms with Gasteiger partial charge < -0.3 is 4.90 Å². The van der Waals surface area contributed by atoms with Gasteiger partial charge in [0, 0.05) is 29.3 Å². The SMILES string of the molecule is CC.CCCN(C)CCC.CN=C(c1ccc(C(C)=O)cc1)c1ccccc1C(C)=O. The van der Waals surface area contributed by atoms with Crippen LogP contribution in [0.3, 0.4) is 0 Å². The monoisotopic (exact) mass is 424 g/mol. The molecule has 2 aromatic rings. The van der Waals surface area contributed by atoms with Crippen molar-refractivity contribution in [2.75, 3.05) is 27.2 Å². The summed E-state index contributed by atoms with van der Waals surface area (Å²) < 4.78 is 0. The van der Waals surface area contributed by atoms with Gasteiger partial charge >= 0.3 is 0 Å². The van der Waals surface area contributed by atoms with Crippen LogP contribution in [-0.4, -0.2) is 49.4 Å². The largest absolute Gasteiger partial charge is 0.306 e. The Morgan fingerprint density at radius 3 is 1.61 bits per heavy atom. The van der Waals surface area contributed by atoms with Crippen molar-refractivity contribution in [1.29, 1.82) is 0 Å². The predicted molar refractivity (Wildman–Crippen MR) is 134 cm³/mol. The van der Waals surface area contributed by atoms with E-state index in [0.717, 1.165) is 16.8 Å². The minimum absolute atomic E-state index is 0.00658. The first kappa shape index (κ1) is 28.4. The summed E-state index contributed by atoms with van der Waals surface area (Å²) in [5.41, 5.74) is 3.75. The summed E-state index contributed by atoms with van der Waals surface area (Å²) in [5.74, 6) is 0.0350. The van der Waals surface area contributed by atoms with Gasteiger partial charge in [0.1, 0.15) is 0 Å². The predicted octanol–water partition coefficient (Wildman–Crippen LogP) is 6.32. The normalized spacial score (nSPS) is 10.5. The summed E-state index contributed by atoms with van der Waals surface area (Å²) in [5, 5.41) is 0. The quantitative estimate of drug-likeness (QED) is 0.368. The second kappa shape index (κ2) is 16.1. The Hall–Kier alpha value is -2.59. The molecule has 2 aromatic carbocycles. The summed E-state index contributed by atoms with van der Waals surface area (Å²) >= 11 is 0. The Morgan fingerprint density at radius 2 is 1.23 bits per heavy atom. The molecule has 0 spiro atoms. The van der Waals surface area contributed by atoms with Crippen LogP contribution in [0.1, 0.15) is 86.2 Å². The fourth-order valence-electron chi connectivity index (χ4n) is 3.14. The van der Waals surface area contributed by atoms with Gasteiger partial charge in [-0.25, -0.2) is 0 Å². The second-order valence-corrected chi connectivity index (χ2v) is 7.11. The van der Waals surface area contributed by atoms with Crippen molar-refractivity contribution in [3.63, 3.8) is 0 Å². The molecule has 4 nitrogen and oxygen atoms in total. The van der Waals surface area contributed by atoms with Crippen molar-refractivity contribution < 1.29 is 9.59 Å². The third-order valence-electron chi connectivity index (χ3n) is 4.56. The Balaban J connectivity index is 0.000000762. The molecule has 31 heavy (non-hydrogen) atoms. The van der Waals surface area contributed by atoms with Crippen molar-refractivity contribution >= 4 is 17.3 Å². The highest BCUT2D eigenvalue weighted by atomic mass is 16.1. The molecule has 0 N–H and O–H groups in total. The standard InChI is InChI=1S/C18H17NO2.C7H17N.C2H6/c1-12(20)14-8-10-15(11-9-14)18(19-3)17-7-5-4-6-16(17)13(2)21;1-4-6-8(3)7-5-2;1-2/h4-11H,1-3H3;4-7H2,1-3H3;1-2H3. The van der Waals surface area contributed by atoms with E-state index in [2.05, 4.69) is 30.8 Å². The van der Waals surface area contributed by atoms with Crippen LogP contribution in [-0.2, 0) is 0 Å². The molecule has 2 rings (SSSR count). The molecule has 0 saturated carbocycles. The number of ketones is 2. The number of aliphatic imine (C=N–C) groups is 1. The highest BCUT2D eigenvalue weighted by molar-refractivity contribution is 6.18. The van der Waals surface area contributed by atoms with Crippen LogP contribution >= 0.6 is 0 Å². The number of hydrogen-bond donors (Lipinski definition) is 0. The minimum atomic E-state index is 0.00658.